The Morgan fingerprint density at radius 3 is 3.00 bits per heavy atom. The standard InChI is InChI=1S/C13H16N4O/c1-17-13(14)11(10-4-2-3-6-15-10)12(16-17)9-5-7-18-8-9/h2-4,6,9H,5,7-8,14H2,1H3. The van der Waals surface area contributed by atoms with Gasteiger partial charge in [0.1, 0.15) is 5.82 Å². The first kappa shape index (κ1) is 11.2. The molecule has 2 N–H and O–H groups in total. The largest absolute Gasteiger partial charge is 0.383 e. The molecule has 0 bridgehead atoms. The van der Waals surface area contributed by atoms with E-state index in [0.717, 1.165) is 36.6 Å². The second-order valence-electron chi connectivity index (χ2n) is 4.54. The van der Waals surface area contributed by atoms with Crippen molar-refractivity contribution < 1.29 is 4.74 Å². The first-order valence-corrected chi connectivity index (χ1v) is 6.09. The number of nitrogens with two attached hydrogens (primary N) is 1. The Bertz CT molecular complexity index is 544. The number of hydrogen-bond acceptors (Lipinski definition) is 4. The summed E-state index contributed by atoms with van der Waals surface area (Å²) in [5.74, 6) is 0.987. The molecule has 0 spiro atoms. The van der Waals surface area contributed by atoms with Crippen LogP contribution in [0.4, 0.5) is 5.82 Å². The molecular formula is C13H16N4O. The smallest absolute Gasteiger partial charge is 0.131 e. The SMILES string of the molecule is Cn1nc(C2CCOC2)c(-c2ccccn2)c1N. The lowest BCUT2D eigenvalue weighted by atomic mass is 9.99. The van der Waals surface area contributed by atoms with Crippen molar-refractivity contribution >= 4 is 5.82 Å². The van der Waals surface area contributed by atoms with Crippen molar-refractivity contribution in [2.24, 2.45) is 7.05 Å². The van der Waals surface area contributed by atoms with Crippen molar-refractivity contribution in [2.45, 2.75) is 12.3 Å². The van der Waals surface area contributed by atoms with Crippen LogP contribution in [-0.4, -0.2) is 28.0 Å². The fourth-order valence-corrected chi connectivity index (χ4v) is 2.37. The second kappa shape index (κ2) is 4.42. The van der Waals surface area contributed by atoms with Crippen molar-refractivity contribution in [1.29, 1.82) is 0 Å². The van der Waals surface area contributed by atoms with Crippen LogP contribution in [0.2, 0.25) is 0 Å². The van der Waals surface area contributed by atoms with Gasteiger partial charge in [0.2, 0.25) is 0 Å². The minimum atomic E-state index is 0.325. The summed E-state index contributed by atoms with van der Waals surface area (Å²) in [6.07, 6.45) is 2.77. The van der Waals surface area contributed by atoms with Crippen LogP contribution in [0.25, 0.3) is 11.3 Å². The molecule has 1 atom stereocenters. The predicted molar refractivity (Wildman–Crippen MR) is 69.0 cm³/mol. The average Bonchev–Trinajstić information content (AvgIpc) is 3.00. The molecule has 18 heavy (non-hydrogen) atoms. The van der Waals surface area contributed by atoms with E-state index in [-0.39, 0.29) is 0 Å². The van der Waals surface area contributed by atoms with E-state index in [9.17, 15) is 0 Å². The van der Waals surface area contributed by atoms with Crippen LogP contribution < -0.4 is 5.73 Å². The van der Waals surface area contributed by atoms with Gasteiger partial charge in [-0.1, -0.05) is 6.07 Å². The topological polar surface area (TPSA) is 66.0 Å². The van der Waals surface area contributed by atoms with Crippen LogP contribution in [-0.2, 0) is 11.8 Å². The van der Waals surface area contributed by atoms with Crippen molar-refractivity contribution in [3.63, 3.8) is 0 Å². The van der Waals surface area contributed by atoms with E-state index in [1.54, 1.807) is 10.9 Å². The maximum Gasteiger partial charge on any atom is 0.131 e. The Morgan fingerprint density at radius 1 is 1.44 bits per heavy atom. The molecule has 0 aliphatic carbocycles. The van der Waals surface area contributed by atoms with Crippen molar-refractivity contribution in [3.8, 4) is 11.3 Å². The summed E-state index contributed by atoms with van der Waals surface area (Å²) >= 11 is 0. The zero-order valence-corrected chi connectivity index (χ0v) is 10.3. The summed E-state index contributed by atoms with van der Waals surface area (Å²) in [5.41, 5.74) is 8.96. The molecule has 1 fully saturated rings. The molecular weight excluding hydrogens is 228 g/mol. The summed E-state index contributed by atoms with van der Waals surface area (Å²) in [4.78, 5) is 4.38. The number of pyridine rings is 1. The van der Waals surface area contributed by atoms with Crippen LogP contribution in [0.15, 0.2) is 24.4 Å². The van der Waals surface area contributed by atoms with Crippen LogP contribution in [0.3, 0.4) is 0 Å². The zero-order chi connectivity index (χ0) is 12.5. The zero-order valence-electron chi connectivity index (χ0n) is 10.3. The van der Waals surface area contributed by atoms with Crippen molar-refractivity contribution in [1.82, 2.24) is 14.8 Å². The summed E-state index contributed by atoms with van der Waals surface area (Å²) < 4.78 is 7.16. The first-order chi connectivity index (χ1) is 8.77. The summed E-state index contributed by atoms with van der Waals surface area (Å²) in [6.45, 7) is 1.51. The molecule has 5 nitrogen and oxygen atoms in total. The maximum atomic E-state index is 6.12. The molecule has 1 aliphatic heterocycles. The van der Waals surface area contributed by atoms with E-state index in [4.69, 9.17) is 10.5 Å². The number of aryl methyl sites for hydroxylation is 1. The van der Waals surface area contributed by atoms with E-state index in [0.29, 0.717) is 11.7 Å². The van der Waals surface area contributed by atoms with E-state index in [2.05, 4.69) is 10.1 Å². The van der Waals surface area contributed by atoms with Crippen molar-refractivity contribution in [2.75, 3.05) is 18.9 Å². The van der Waals surface area contributed by atoms with Gasteiger partial charge in [-0.2, -0.15) is 5.10 Å². The quantitative estimate of drug-likeness (QED) is 0.870. The highest BCUT2D eigenvalue weighted by Crippen LogP contribution is 2.35. The van der Waals surface area contributed by atoms with E-state index >= 15 is 0 Å². The molecule has 0 aromatic carbocycles. The van der Waals surface area contributed by atoms with Gasteiger partial charge in [0, 0.05) is 25.8 Å². The van der Waals surface area contributed by atoms with Crippen molar-refractivity contribution in [3.05, 3.63) is 30.1 Å². The lowest BCUT2D eigenvalue weighted by molar-refractivity contribution is 0.193. The fourth-order valence-electron chi connectivity index (χ4n) is 2.37. The molecule has 0 saturated carbocycles. The Kier molecular flexibility index (Phi) is 2.76. The van der Waals surface area contributed by atoms with Gasteiger partial charge in [0.15, 0.2) is 0 Å². The molecule has 3 rings (SSSR count). The Hall–Kier alpha value is -1.88. The molecule has 0 radical (unpaired) electrons. The van der Waals surface area contributed by atoms with Gasteiger partial charge in [-0.25, -0.2) is 0 Å². The third-order valence-electron chi connectivity index (χ3n) is 3.36. The number of nitrogens with zero attached hydrogens (tertiary/aromatic N) is 3. The number of hydrogen-bond donors (Lipinski definition) is 1. The first-order valence-electron chi connectivity index (χ1n) is 6.09. The van der Waals surface area contributed by atoms with Crippen LogP contribution in [0.1, 0.15) is 18.0 Å². The molecule has 2 aromatic rings. The number of anilines is 1. The average molecular weight is 244 g/mol. The Morgan fingerprint density at radius 2 is 2.33 bits per heavy atom. The number of nitrogen functional groups attached to an aromatic ring is 1. The van der Waals surface area contributed by atoms with Crippen LogP contribution in [0.5, 0.6) is 0 Å². The molecule has 1 aliphatic rings. The van der Waals surface area contributed by atoms with Gasteiger partial charge in [-0.05, 0) is 18.6 Å². The second-order valence-corrected chi connectivity index (χ2v) is 4.54. The molecule has 2 aromatic heterocycles. The fraction of sp³-hybridized carbons (Fsp3) is 0.385. The van der Waals surface area contributed by atoms with Crippen LogP contribution >= 0.6 is 0 Å². The van der Waals surface area contributed by atoms with Gasteiger partial charge in [0.25, 0.3) is 0 Å². The third-order valence-corrected chi connectivity index (χ3v) is 3.36. The lowest BCUT2D eigenvalue weighted by Gasteiger charge is -2.07. The minimum absolute atomic E-state index is 0.325. The summed E-state index contributed by atoms with van der Waals surface area (Å²) in [5, 5.41) is 4.54. The molecule has 1 saturated heterocycles. The molecule has 0 amide bonds. The molecule has 5 heteroatoms. The van der Waals surface area contributed by atoms with E-state index < -0.39 is 0 Å². The molecule has 1 unspecified atom stereocenters. The lowest BCUT2D eigenvalue weighted by Crippen LogP contribution is -2.01. The molecule has 94 valence electrons. The highest BCUT2D eigenvalue weighted by molar-refractivity contribution is 5.74. The number of ether oxygens (including phenoxy) is 1. The Labute approximate surface area is 106 Å². The highest BCUT2D eigenvalue weighted by atomic mass is 16.5. The van der Waals surface area contributed by atoms with E-state index in [1.807, 2.05) is 25.2 Å². The maximum absolute atomic E-state index is 6.12. The van der Waals surface area contributed by atoms with Gasteiger partial charge in [-0.3, -0.25) is 9.67 Å². The monoisotopic (exact) mass is 244 g/mol. The number of aromatic nitrogens is 3. The molecule has 3 heterocycles. The normalized spacial score (nSPS) is 19.3. The minimum Gasteiger partial charge on any atom is -0.383 e. The summed E-state index contributed by atoms with van der Waals surface area (Å²) in [7, 11) is 1.86. The number of rotatable bonds is 2. The van der Waals surface area contributed by atoms with Gasteiger partial charge >= 0.3 is 0 Å². The van der Waals surface area contributed by atoms with Gasteiger partial charge in [0.05, 0.1) is 23.6 Å². The van der Waals surface area contributed by atoms with Gasteiger partial charge in [-0.15, -0.1) is 0 Å². The van der Waals surface area contributed by atoms with Crippen LogP contribution in [0, 0.1) is 0 Å². The predicted octanol–water partition coefficient (Wildman–Crippen LogP) is 1.57. The van der Waals surface area contributed by atoms with Gasteiger partial charge < -0.3 is 10.5 Å². The summed E-state index contributed by atoms with van der Waals surface area (Å²) in [6, 6.07) is 5.82. The Balaban J connectivity index is 2.12. The highest BCUT2D eigenvalue weighted by Gasteiger charge is 2.27. The third kappa shape index (κ3) is 1.76. The van der Waals surface area contributed by atoms with E-state index in [1.165, 1.54) is 0 Å².